The molecule has 7 nitrogen and oxygen atoms in total. The molecular weight excluding hydrogens is 761 g/mol. The molecule has 6 heterocycles. The number of rotatable bonds is 10. The van der Waals surface area contributed by atoms with E-state index in [0.29, 0.717) is 11.8 Å². The van der Waals surface area contributed by atoms with Gasteiger partial charge in [-0.3, -0.25) is 14.8 Å². The first-order chi connectivity index (χ1) is 30.4. The number of allylic oxidation sites excluding steroid dienone is 2. The summed E-state index contributed by atoms with van der Waals surface area (Å²) in [7, 11) is 0. The zero-order valence-corrected chi connectivity index (χ0v) is 36.4. The lowest BCUT2D eigenvalue weighted by atomic mass is 9.79. The number of Topliss-reactive ketones (excluding diaryl/α,β-unsaturated/α-hetero) is 1. The van der Waals surface area contributed by atoms with Crippen molar-refractivity contribution in [2.24, 2.45) is 11.8 Å². The van der Waals surface area contributed by atoms with Crippen LogP contribution in [-0.4, -0.2) is 51.7 Å². The van der Waals surface area contributed by atoms with Crippen LogP contribution < -0.4 is 9.80 Å². The molecule has 0 saturated heterocycles. The number of benzene rings is 4. The lowest BCUT2D eigenvalue weighted by molar-refractivity contribution is -0.109. The van der Waals surface area contributed by atoms with Gasteiger partial charge in [0.05, 0.1) is 34.6 Å². The Morgan fingerprint density at radius 2 is 0.919 bits per heavy atom. The van der Waals surface area contributed by atoms with Crippen LogP contribution in [0.1, 0.15) is 84.3 Å². The number of hydrogen-bond acceptors (Lipinski definition) is 7. The number of fused-ring (bicyclic) bond motifs is 4. The Balaban J connectivity index is 1.29. The van der Waals surface area contributed by atoms with Crippen molar-refractivity contribution in [1.82, 2.24) is 19.8 Å². The van der Waals surface area contributed by atoms with Gasteiger partial charge in [-0.05, 0) is 70.2 Å². The number of nitrogens with zero attached hydrogens (tertiary/aromatic N) is 6. The monoisotopic (exact) mass is 816 g/mol. The van der Waals surface area contributed by atoms with Crippen LogP contribution in [0.5, 0.6) is 0 Å². The van der Waals surface area contributed by atoms with Gasteiger partial charge in [0, 0.05) is 86.6 Å². The molecule has 312 valence electrons. The zero-order valence-electron chi connectivity index (χ0n) is 36.4. The van der Waals surface area contributed by atoms with E-state index in [2.05, 4.69) is 169 Å². The Hall–Kier alpha value is -6.47. The number of hydrogen-bond donors (Lipinski definition) is 0. The first-order valence-electron chi connectivity index (χ1n) is 22.5. The Morgan fingerprint density at radius 1 is 0.532 bits per heavy atom. The summed E-state index contributed by atoms with van der Waals surface area (Å²) in [6.45, 7) is 13.8. The predicted molar refractivity (Wildman–Crippen MR) is 251 cm³/mol. The average Bonchev–Trinajstić information content (AvgIpc) is 3.31. The molecule has 4 aliphatic rings. The van der Waals surface area contributed by atoms with E-state index in [1.54, 1.807) is 0 Å². The second-order valence-electron chi connectivity index (χ2n) is 18.2. The Bertz CT molecular complexity index is 2490. The van der Waals surface area contributed by atoms with Crippen molar-refractivity contribution in [2.45, 2.75) is 65.7 Å². The highest BCUT2D eigenvalue weighted by Crippen LogP contribution is 2.53. The molecule has 0 radical (unpaired) electrons. The minimum atomic E-state index is -0.206. The second kappa shape index (κ2) is 16.8. The Labute approximate surface area is 367 Å². The summed E-state index contributed by atoms with van der Waals surface area (Å²) in [5.74, 6) is 0.773. The normalized spacial score (nSPS) is 18.5. The molecule has 6 aromatic rings. The highest BCUT2D eigenvalue weighted by Gasteiger charge is 2.45. The fourth-order valence-electron chi connectivity index (χ4n) is 10.6. The molecule has 4 aromatic carbocycles. The topological polar surface area (TPSA) is 55.8 Å². The summed E-state index contributed by atoms with van der Waals surface area (Å²) in [4.78, 5) is 36.8. The van der Waals surface area contributed by atoms with Gasteiger partial charge in [0.15, 0.2) is 5.78 Å². The maximum absolute atomic E-state index is 17.0. The number of aromatic nitrogens is 2. The van der Waals surface area contributed by atoms with Crippen LogP contribution in [0.2, 0.25) is 0 Å². The first-order valence-corrected chi connectivity index (χ1v) is 22.5. The third kappa shape index (κ3) is 7.17. The molecule has 0 fully saturated rings. The molecule has 0 bridgehead atoms. The number of carbonyl (C=O) groups is 1. The molecule has 0 aliphatic carbocycles. The fraction of sp³-hybridized carbons (Fsp3) is 0.291. The van der Waals surface area contributed by atoms with Gasteiger partial charge in [0.25, 0.3) is 0 Å². The molecule has 0 N–H and O–H groups in total. The first kappa shape index (κ1) is 39.7. The van der Waals surface area contributed by atoms with Gasteiger partial charge in [-0.25, -0.2) is 0 Å². The van der Waals surface area contributed by atoms with Gasteiger partial charge in [-0.2, -0.15) is 0 Å². The highest BCUT2D eigenvalue weighted by molar-refractivity contribution is 6.44. The van der Waals surface area contributed by atoms with Crippen LogP contribution in [-0.2, 0) is 30.7 Å². The van der Waals surface area contributed by atoms with Crippen molar-refractivity contribution >= 4 is 28.3 Å². The van der Waals surface area contributed by atoms with Crippen molar-refractivity contribution in [3.05, 3.63) is 202 Å². The third-order valence-corrected chi connectivity index (χ3v) is 13.2. The van der Waals surface area contributed by atoms with Crippen LogP contribution in [0, 0.1) is 11.8 Å². The molecule has 10 rings (SSSR count). The molecule has 4 aliphatic heterocycles. The van der Waals surface area contributed by atoms with E-state index in [1.807, 2.05) is 24.8 Å². The van der Waals surface area contributed by atoms with E-state index in [0.717, 1.165) is 97.2 Å². The standard InChI is InChI=1S/C55H56N6O/c1-37(2)33-60-47-23-27-56-31-45(47)49(53(51(60)41-17-7-5-8-18-41)58-29-25-39-15-11-13-21-43(39)35-58)55(62)50-46-32-57-28-24-48(46)61(34-38(3)4)52(42-19-9-6-10-20-42)54(50)59-30-26-40-16-12-14-22-44(40)36-59/h5-24,27-28,31-32,37-38,51-52H,25-26,29-30,33-36H2,1-4H3. The van der Waals surface area contributed by atoms with Gasteiger partial charge in [0.1, 0.15) is 0 Å². The molecule has 2 atom stereocenters. The van der Waals surface area contributed by atoms with E-state index in [-0.39, 0.29) is 17.9 Å². The molecule has 62 heavy (non-hydrogen) atoms. The van der Waals surface area contributed by atoms with Gasteiger partial charge in [0.2, 0.25) is 0 Å². The van der Waals surface area contributed by atoms with E-state index >= 15 is 4.79 Å². The number of anilines is 2. The fourth-order valence-corrected chi connectivity index (χ4v) is 10.6. The molecule has 0 saturated carbocycles. The van der Waals surface area contributed by atoms with E-state index < -0.39 is 0 Å². The minimum absolute atomic E-state index is 0.0338. The molecule has 7 heteroatoms. The molecular formula is C55H56N6O. The van der Waals surface area contributed by atoms with Gasteiger partial charge in [-0.15, -0.1) is 0 Å². The van der Waals surface area contributed by atoms with Crippen LogP contribution in [0.4, 0.5) is 11.4 Å². The smallest absolute Gasteiger partial charge is 0.198 e. The summed E-state index contributed by atoms with van der Waals surface area (Å²) in [5.41, 5.74) is 15.2. The molecule has 2 aromatic heterocycles. The zero-order chi connectivity index (χ0) is 42.3. The lowest BCUT2D eigenvalue weighted by Gasteiger charge is -2.48. The predicted octanol–water partition coefficient (Wildman–Crippen LogP) is 10.7. The van der Waals surface area contributed by atoms with Crippen molar-refractivity contribution in [3.63, 3.8) is 0 Å². The summed E-state index contributed by atoms with van der Waals surface area (Å²) in [6, 6.07) is 43.2. The van der Waals surface area contributed by atoms with Crippen molar-refractivity contribution in [3.8, 4) is 0 Å². The number of ketones is 1. The molecule has 0 amide bonds. The highest BCUT2D eigenvalue weighted by atomic mass is 16.1. The lowest BCUT2D eigenvalue weighted by Crippen LogP contribution is -2.45. The summed E-state index contributed by atoms with van der Waals surface area (Å²) in [5, 5.41) is 0. The minimum Gasteiger partial charge on any atom is -0.368 e. The second-order valence-corrected chi connectivity index (χ2v) is 18.2. The summed E-state index contributed by atoms with van der Waals surface area (Å²) in [6.07, 6.45) is 9.51. The van der Waals surface area contributed by atoms with Crippen LogP contribution in [0.25, 0.3) is 11.1 Å². The third-order valence-electron chi connectivity index (χ3n) is 13.2. The Morgan fingerprint density at radius 3 is 1.32 bits per heavy atom. The molecule has 0 spiro atoms. The summed E-state index contributed by atoms with van der Waals surface area (Å²) >= 11 is 0. The van der Waals surface area contributed by atoms with Crippen LogP contribution in [0.15, 0.2) is 158 Å². The van der Waals surface area contributed by atoms with E-state index in [4.69, 9.17) is 9.97 Å². The number of pyridine rings is 2. The van der Waals surface area contributed by atoms with Crippen LogP contribution >= 0.6 is 0 Å². The largest absolute Gasteiger partial charge is 0.368 e. The van der Waals surface area contributed by atoms with Crippen LogP contribution in [0.3, 0.4) is 0 Å². The van der Waals surface area contributed by atoms with Gasteiger partial charge < -0.3 is 19.6 Å². The van der Waals surface area contributed by atoms with Gasteiger partial charge in [-0.1, -0.05) is 137 Å². The van der Waals surface area contributed by atoms with E-state index in [1.165, 1.54) is 33.4 Å². The number of carbonyl (C=O) groups excluding carboxylic acids is 1. The SMILES string of the molecule is CC(C)CN1c2ccncc2C(C(=O)C2=C(N3CCc4ccccc4C3)C(c3ccccc3)N(CC(C)C)c3ccncc32)=C(N2CCc3ccccc3C2)C1c1ccccc1. The van der Waals surface area contributed by atoms with Gasteiger partial charge >= 0.3 is 0 Å². The average molecular weight is 817 g/mol. The maximum Gasteiger partial charge on any atom is 0.198 e. The van der Waals surface area contributed by atoms with Crippen molar-refractivity contribution in [2.75, 3.05) is 36.0 Å². The maximum atomic E-state index is 17.0. The van der Waals surface area contributed by atoms with E-state index in [9.17, 15) is 0 Å². The van der Waals surface area contributed by atoms with Crippen molar-refractivity contribution < 1.29 is 4.79 Å². The Kier molecular flexibility index (Phi) is 10.7. The summed E-state index contributed by atoms with van der Waals surface area (Å²) < 4.78 is 0. The quantitative estimate of drug-likeness (QED) is 0.136. The molecule has 2 unspecified atom stereocenters. The van der Waals surface area contributed by atoms with Crippen molar-refractivity contribution in [1.29, 1.82) is 0 Å².